The van der Waals surface area contributed by atoms with E-state index in [2.05, 4.69) is 12.7 Å². The van der Waals surface area contributed by atoms with Crippen LogP contribution in [0.25, 0.3) is 0 Å². The zero-order valence-corrected chi connectivity index (χ0v) is 23.1. The maximum Gasteiger partial charge on any atom is 0.397 e. The predicted octanol–water partition coefficient (Wildman–Crippen LogP) is -1.56. The number of methoxy groups -OCH3 is 2. The molecular formula is C17H28O19S3. The number of hydrogen-bond donors (Lipinski definition) is 4. The maximum absolute atomic E-state index is 11.9. The molecule has 228 valence electrons. The number of aliphatic carboxylic acids is 1. The van der Waals surface area contributed by atoms with Gasteiger partial charge in [-0.25, -0.2) is 18.0 Å². The quantitative estimate of drug-likeness (QED) is 0.0774. The number of ether oxygens (including phenoxy) is 5. The Hall–Kier alpha value is -0.960. The Morgan fingerprint density at radius 3 is 1.97 bits per heavy atom. The van der Waals surface area contributed by atoms with Crippen molar-refractivity contribution >= 4 is 38.1 Å². The van der Waals surface area contributed by atoms with Gasteiger partial charge in [-0.05, 0) is 13.3 Å². The highest BCUT2D eigenvalue weighted by Gasteiger charge is 2.76. The van der Waals surface area contributed by atoms with Crippen LogP contribution in [0.15, 0.2) is 0 Å². The van der Waals surface area contributed by atoms with Gasteiger partial charge in [-0.2, -0.15) is 21.0 Å². The smallest absolute Gasteiger partial charge is 0.397 e. The summed E-state index contributed by atoms with van der Waals surface area (Å²) in [4.78, 5) is 16.8. The van der Waals surface area contributed by atoms with Crippen LogP contribution in [-0.2, 0) is 78.2 Å². The topological polar surface area (TPSA) is 266 Å². The molecule has 2 aliphatic heterocycles. The Bertz CT molecular complexity index is 1130. The molecule has 6 unspecified atom stereocenters. The first kappa shape index (κ1) is 32.6. The van der Waals surface area contributed by atoms with Crippen LogP contribution in [0.4, 0.5) is 0 Å². The molecule has 3 fully saturated rings. The van der Waals surface area contributed by atoms with E-state index in [4.69, 9.17) is 33.1 Å². The number of rotatable bonds is 13. The maximum atomic E-state index is 11.9. The fourth-order valence-corrected chi connectivity index (χ4v) is 6.25. The molecule has 0 aromatic carbocycles. The first-order chi connectivity index (χ1) is 18.0. The summed E-state index contributed by atoms with van der Waals surface area (Å²) in [6.45, 7) is 2.91. The van der Waals surface area contributed by atoms with Gasteiger partial charge < -0.3 is 28.8 Å². The van der Waals surface area contributed by atoms with Crippen molar-refractivity contribution in [2.24, 2.45) is 11.8 Å². The van der Waals surface area contributed by atoms with Gasteiger partial charge in [0.1, 0.15) is 12.2 Å². The Morgan fingerprint density at radius 2 is 1.51 bits per heavy atom. The van der Waals surface area contributed by atoms with E-state index in [1.807, 2.05) is 0 Å². The van der Waals surface area contributed by atoms with E-state index in [1.165, 1.54) is 14.0 Å². The van der Waals surface area contributed by atoms with Gasteiger partial charge >= 0.3 is 38.1 Å². The lowest BCUT2D eigenvalue weighted by molar-refractivity contribution is -0.364. The zero-order chi connectivity index (χ0) is 29.5. The highest BCUT2D eigenvalue weighted by atomic mass is 32.3. The van der Waals surface area contributed by atoms with Crippen LogP contribution in [-0.4, -0.2) is 115 Å². The molecule has 0 amide bonds. The van der Waals surface area contributed by atoms with Crippen molar-refractivity contribution in [2.75, 3.05) is 14.2 Å². The van der Waals surface area contributed by atoms with Gasteiger partial charge in [0, 0.05) is 26.1 Å². The first-order valence-corrected chi connectivity index (χ1v) is 14.8. The van der Waals surface area contributed by atoms with Crippen molar-refractivity contribution in [3.63, 3.8) is 0 Å². The van der Waals surface area contributed by atoms with Crippen LogP contribution >= 0.6 is 0 Å². The summed E-state index contributed by atoms with van der Waals surface area (Å²) >= 11 is -3.01. The molecule has 1 aliphatic carbocycles. The van der Waals surface area contributed by atoms with E-state index >= 15 is 0 Å². The summed E-state index contributed by atoms with van der Waals surface area (Å²) < 4.78 is 126. The molecule has 3 rings (SSSR count). The fraction of sp³-hybridized carbons (Fsp3) is 0.941. The van der Waals surface area contributed by atoms with E-state index in [0.717, 1.165) is 7.11 Å². The van der Waals surface area contributed by atoms with Crippen LogP contribution in [0.2, 0.25) is 0 Å². The summed E-state index contributed by atoms with van der Waals surface area (Å²) in [6, 6.07) is 0. The van der Waals surface area contributed by atoms with Gasteiger partial charge in [0.15, 0.2) is 30.9 Å². The largest absolute Gasteiger partial charge is 0.479 e. The normalized spacial score (nSPS) is 41.5. The Balaban J connectivity index is 2.02. The molecule has 0 bridgehead atoms. The van der Waals surface area contributed by atoms with Gasteiger partial charge in [-0.15, -0.1) is 4.33 Å². The first-order valence-electron chi connectivity index (χ1n) is 11.0. The Morgan fingerprint density at radius 1 is 0.923 bits per heavy atom. The summed E-state index contributed by atoms with van der Waals surface area (Å²) in [7, 11) is -8.16. The molecule has 2 saturated heterocycles. The molecule has 4 N–H and O–H groups in total. The van der Waals surface area contributed by atoms with Crippen LogP contribution in [0.3, 0.4) is 0 Å². The summed E-state index contributed by atoms with van der Waals surface area (Å²) in [6.07, 6.45) is -12.5. The molecule has 3 aliphatic rings. The monoisotopic (exact) mass is 632 g/mol. The third-order valence-corrected chi connectivity index (χ3v) is 7.74. The lowest BCUT2D eigenvalue weighted by Gasteiger charge is -2.44. The molecule has 39 heavy (non-hydrogen) atoms. The lowest BCUT2D eigenvalue weighted by Crippen LogP contribution is -2.61. The Labute approximate surface area is 225 Å². The second kappa shape index (κ2) is 12.1. The highest BCUT2D eigenvalue weighted by Crippen LogP contribution is 2.62. The van der Waals surface area contributed by atoms with E-state index in [1.54, 1.807) is 6.92 Å². The average molecular weight is 633 g/mol. The Kier molecular flexibility index (Phi) is 10.1. The van der Waals surface area contributed by atoms with Gasteiger partial charge in [0.2, 0.25) is 0 Å². The average Bonchev–Trinajstić information content (AvgIpc) is 3.41. The molecular weight excluding hydrogens is 604 g/mol. The third kappa shape index (κ3) is 7.28. The molecule has 0 spiro atoms. The van der Waals surface area contributed by atoms with Gasteiger partial charge in [0.05, 0.1) is 11.7 Å². The number of fused-ring (bicyclic) bond motifs is 1. The molecule has 19 nitrogen and oxygen atoms in total. The standard InChI is InChI=1S/C17H28O19S3/c1-5-6-9(28-3)12(33-36-37(20)21)13(35-39(25,26)27)16(30-6)32-17(2)7-8(17)11(34-38(22,23)24)15(29-4)31-10(7)14(18)19/h6-13,15-16H,5H2,1-4H3,(H,18,19)(H,20,21)(H,22,23,24)(H,25,26,27)/t6?,7-,8-,9-,10?,11?,12-,13?,15-,16-,17?/m0/s1. The minimum Gasteiger partial charge on any atom is -0.479 e. The van der Waals surface area contributed by atoms with Crippen molar-refractivity contribution in [2.45, 2.75) is 75.1 Å². The van der Waals surface area contributed by atoms with Crippen molar-refractivity contribution in [1.82, 2.24) is 0 Å². The van der Waals surface area contributed by atoms with Crippen LogP contribution < -0.4 is 0 Å². The number of carbonyl (C=O) groups is 1. The van der Waals surface area contributed by atoms with Gasteiger partial charge in [-0.1, -0.05) is 6.92 Å². The van der Waals surface area contributed by atoms with E-state index in [0.29, 0.717) is 0 Å². The molecule has 0 aromatic rings. The second-order valence-corrected chi connectivity index (χ2v) is 11.5. The SMILES string of the molecule is CCC1O[C@@H](OC2(C)[C@@H]3C(C(=O)O)O[C@H](OC)C(OS(=O)(=O)O)[C@H]32)C(OS(=O)(=O)O)[C@@H](OOS(=O)O)[C@H]1OC. The van der Waals surface area contributed by atoms with E-state index in [-0.39, 0.29) is 6.42 Å². The van der Waals surface area contributed by atoms with Gasteiger partial charge in [-0.3, -0.25) is 13.7 Å². The van der Waals surface area contributed by atoms with E-state index < -0.39 is 105 Å². The lowest BCUT2D eigenvalue weighted by atomic mass is 9.97. The molecule has 1 saturated carbocycles. The summed E-state index contributed by atoms with van der Waals surface area (Å²) in [5, 5.41) is 9.70. The summed E-state index contributed by atoms with van der Waals surface area (Å²) in [5.41, 5.74) is -1.74. The molecule has 0 aromatic heterocycles. The minimum atomic E-state index is -5.28. The number of carboxylic acids is 1. The molecule has 22 heteroatoms. The second-order valence-electron chi connectivity index (χ2n) is 8.83. The fourth-order valence-electron chi connectivity index (χ4n) is 5.12. The van der Waals surface area contributed by atoms with Crippen LogP contribution in [0.1, 0.15) is 20.3 Å². The predicted molar refractivity (Wildman–Crippen MR) is 119 cm³/mol. The van der Waals surface area contributed by atoms with Crippen molar-refractivity contribution in [1.29, 1.82) is 0 Å². The molecule has 12 atom stereocenters. The van der Waals surface area contributed by atoms with Crippen LogP contribution in [0, 0.1) is 11.8 Å². The number of hydrogen-bond acceptors (Lipinski definition) is 15. The zero-order valence-electron chi connectivity index (χ0n) is 20.6. The highest BCUT2D eigenvalue weighted by molar-refractivity contribution is 7.81. The van der Waals surface area contributed by atoms with Gasteiger partial charge in [0.25, 0.3) is 0 Å². The number of carboxylic acid groups (broad SMARTS) is 1. The summed E-state index contributed by atoms with van der Waals surface area (Å²) in [5.74, 6) is -3.84. The van der Waals surface area contributed by atoms with Crippen LogP contribution in [0.5, 0.6) is 0 Å². The van der Waals surface area contributed by atoms with Crippen molar-refractivity contribution in [3.8, 4) is 0 Å². The van der Waals surface area contributed by atoms with E-state index in [9.17, 15) is 40.1 Å². The minimum absolute atomic E-state index is 0.156. The van der Waals surface area contributed by atoms with Crippen molar-refractivity contribution in [3.05, 3.63) is 0 Å². The van der Waals surface area contributed by atoms with Crippen molar-refractivity contribution < 1.29 is 85.9 Å². The molecule has 0 radical (unpaired) electrons. The third-order valence-electron chi connectivity index (χ3n) is 6.62. The molecule has 2 heterocycles.